The molecule has 2 N–H and O–H groups in total. The van der Waals surface area contributed by atoms with Crippen LogP contribution in [0.1, 0.15) is 26.2 Å². The summed E-state index contributed by atoms with van der Waals surface area (Å²) in [5, 5.41) is 11.7. The molecule has 3 amide bonds. The van der Waals surface area contributed by atoms with E-state index in [-0.39, 0.29) is 30.7 Å². The molecule has 0 aliphatic carbocycles. The molecule has 1 aromatic rings. The molecule has 3 rings (SSSR count). The lowest BCUT2D eigenvalue weighted by Crippen LogP contribution is -2.51. The van der Waals surface area contributed by atoms with Crippen LogP contribution in [0.3, 0.4) is 0 Å². The molecule has 2 saturated heterocycles. The Kier molecular flexibility index (Phi) is 6.14. The van der Waals surface area contributed by atoms with E-state index < -0.39 is 29.7 Å². The minimum atomic E-state index is -0.852. The van der Waals surface area contributed by atoms with Crippen molar-refractivity contribution in [3.63, 3.8) is 0 Å². The number of hydrogen-bond acceptors (Lipinski definition) is 4. The number of nitrogens with one attached hydrogen (secondary N) is 1. The zero-order chi connectivity index (χ0) is 21.1. The van der Waals surface area contributed by atoms with Crippen LogP contribution < -0.4 is 10.2 Å². The molecule has 9 heteroatoms. The lowest BCUT2D eigenvalue weighted by Gasteiger charge is -2.32. The highest BCUT2D eigenvalue weighted by Crippen LogP contribution is 2.25. The number of piperidine rings is 1. The van der Waals surface area contributed by atoms with Gasteiger partial charge in [0.2, 0.25) is 17.7 Å². The van der Waals surface area contributed by atoms with E-state index in [0.29, 0.717) is 31.6 Å². The van der Waals surface area contributed by atoms with E-state index >= 15 is 0 Å². The molecule has 0 bridgehead atoms. The average molecular weight is 405 g/mol. The van der Waals surface area contributed by atoms with Crippen LogP contribution >= 0.6 is 0 Å². The van der Waals surface area contributed by atoms with Crippen molar-refractivity contribution in [2.24, 2.45) is 11.8 Å². The number of anilines is 1. The van der Waals surface area contributed by atoms with E-state index in [0.717, 1.165) is 0 Å². The van der Waals surface area contributed by atoms with Crippen LogP contribution in [-0.2, 0) is 19.2 Å². The zero-order valence-corrected chi connectivity index (χ0v) is 16.1. The molecular formula is C20H24FN3O5. The number of carbonyl (C=O) groups excluding carboxylic acids is 3. The Bertz CT molecular complexity index is 805. The van der Waals surface area contributed by atoms with Gasteiger partial charge in [0, 0.05) is 31.7 Å². The van der Waals surface area contributed by atoms with Gasteiger partial charge >= 0.3 is 5.97 Å². The van der Waals surface area contributed by atoms with Gasteiger partial charge in [0.25, 0.3) is 0 Å². The van der Waals surface area contributed by atoms with E-state index in [1.165, 1.54) is 29.2 Å². The van der Waals surface area contributed by atoms with Crippen LogP contribution in [0.15, 0.2) is 24.3 Å². The van der Waals surface area contributed by atoms with Crippen molar-refractivity contribution in [2.75, 3.05) is 24.5 Å². The number of nitrogens with zero attached hydrogens (tertiary/aromatic N) is 2. The quantitative estimate of drug-likeness (QED) is 0.760. The molecule has 0 radical (unpaired) electrons. The Morgan fingerprint density at radius 1 is 1.14 bits per heavy atom. The average Bonchev–Trinajstić information content (AvgIpc) is 3.10. The Morgan fingerprint density at radius 2 is 1.76 bits per heavy atom. The zero-order valence-electron chi connectivity index (χ0n) is 16.1. The van der Waals surface area contributed by atoms with Crippen LogP contribution in [-0.4, -0.2) is 59.4 Å². The molecule has 2 fully saturated rings. The highest BCUT2D eigenvalue weighted by atomic mass is 19.1. The maximum absolute atomic E-state index is 13.1. The maximum atomic E-state index is 13.1. The molecule has 2 aliphatic heterocycles. The number of carbonyl (C=O) groups is 4. The molecule has 29 heavy (non-hydrogen) atoms. The predicted molar refractivity (Wildman–Crippen MR) is 101 cm³/mol. The van der Waals surface area contributed by atoms with Gasteiger partial charge in [-0.3, -0.25) is 19.2 Å². The fourth-order valence-electron chi connectivity index (χ4n) is 3.77. The van der Waals surface area contributed by atoms with E-state index in [2.05, 4.69) is 5.32 Å². The maximum Gasteiger partial charge on any atom is 0.306 e. The van der Waals surface area contributed by atoms with Crippen molar-refractivity contribution >= 4 is 29.4 Å². The number of carboxylic acid groups (broad SMARTS) is 1. The Labute approximate surface area is 167 Å². The largest absolute Gasteiger partial charge is 0.481 e. The second-order valence-corrected chi connectivity index (χ2v) is 7.55. The van der Waals surface area contributed by atoms with Crippen molar-refractivity contribution in [1.29, 1.82) is 0 Å². The van der Waals surface area contributed by atoms with Crippen LogP contribution in [0.4, 0.5) is 10.1 Å². The van der Waals surface area contributed by atoms with Gasteiger partial charge in [0.05, 0.1) is 11.8 Å². The number of hydrogen-bond donors (Lipinski definition) is 2. The molecule has 0 aromatic heterocycles. The van der Waals surface area contributed by atoms with Crippen molar-refractivity contribution in [3.8, 4) is 0 Å². The molecule has 2 unspecified atom stereocenters. The summed E-state index contributed by atoms with van der Waals surface area (Å²) in [5.74, 6) is -3.17. The highest BCUT2D eigenvalue weighted by molar-refractivity contribution is 6.01. The van der Waals surface area contributed by atoms with Gasteiger partial charge in [-0.1, -0.05) is 0 Å². The number of aliphatic carboxylic acids is 1. The monoisotopic (exact) mass is 405 g/mol. The molecular weight excluding hydrogens is 381 g/mol. The Morgan fingerprint density at radius 3 is 2.34 bits per heavy atom. The lowest BCUT2D eigenvalue weighted by atomic mass is 9.96. The topological polar surface area (TPSA) is 107 Å². The highest BCUT2D eigenvalue weighted by Gasteiger charge is 2.37. The van der Waals surface area contributed by atoms with Gasteiger partial charge in [-0.25, -0.2) is 4.39 Å². The second kappa shape index (κ2) is 8.59. The normalized spacial score (nSPS) is 21.2. The third-order valence-corrected chi connectivity index (χ3v) is 5.52. The molecule has 156 valence electrons. The minimum Gasteiger partial charge on any atom is -0.481 e. The fourth-order valence-corrected chi connectivity index (χ4v) is 3.77. The van der Waals surface area contributed by atoms with Crippen LogP contribution in [0.2, 0.25) is 0 Å². The summed E-state index contributed by atoms with van der Waals surface area (Å²) in [6, 6.07) is 4.72. The van der Waals surface area contributed by atoms with Gasteiger partial charge in [0.15, 0.2) is 0 Å². The molecule has 2 atom stereocenters. The van der Waals surface area contributed by atoms with Gasteiger partial charge in [0.1, 0.15) is 11.9 Å². The van der Waals surface area contributed by atoms with Crippen molar-refractivity contribution < 1.29 is 28.7 Å². The molecule has 2 heterocycles. The number of rotatable bonds is 5. The van der Waals surface area contributed by atoms with Crippen molar-refractivity contribution in [1.82, 2.24) is 10.2 Å². The van der Waals surface area contributed by atoms with Gasteiger partial charge in [-0.15, -0.1) is 0 Å². The summed E-state index contributed by atoms with van der Waals surface area (Å²) in [6.45, 7) is 2.44. The van der Waals surface area contributed by atoms with Crippen LogP contribution in [0.25, 0.3) is 0 Å². The first-order valence-corrected chi connectivity index (χ1v) is 9.64. The van der Waals surface area contributed by atoms with E-state index in [1.807, 2.05) is 0 Å². The minimum absolute atomic E-state index is 0.0220. The number of benzene rings is 1. The first-order valence-electron chi connectivity index (χ1n) is 9.64. The summed E-state index contributed by atoms with van der Waals surface area (Å²) < 4.78 is 13.1. The molecule has 0 saturated carbocycles. The van der Waals surface area contributed by atoms with Crippen molar-refractivity contribution in [3.05, 3.63) is 30.1 Å². The number of likely N-dealkylation sites (tertiary alicyclic amines) is 1. The third kappa shape index (κ3) is 4.72. The summed E-state index contributed by atoms with van der Waals surface area (Å²) in [4.78, 5) is 51.4. The Balaban J connectivity index is 1.53. The molecule has 0 spiro atoms. The molecule has 1 aromatic carbocycles. The van der Waals surface area contributed by atoms with E-state index in [1.54, 1.807) is 11.8 Å². The van der Waals surface area contributed by atoms with Gasteiger partial charge < -0.3 is 20.2 Å². The van der Waals surface area contributed by atoms with Crippen molar-refractivity contribution in [2.45, 2.75) is 32.2 Å². The smallest absolute Gasteiger partial charge is 0.306 e. The SMILES string of the molecule is CC(NC(=O)C1CC(=O)N(c2ccc(F)cc2)C1)C(=O)N1CCC(C(=O)O)CC1. The standard InChI is InChI=1S/C20H24FN3O5/c1-12(19(27)23-8-6-13(7-9-23)20(28)29)22-18(26)14-10-17(25)24(11-14)16-4-2-15(21)3-5-16/h2-5,12-14H,6-11H2,1H3,(H,22,26)(H,28,29). The summed E-state index contributed by atoms with van der Waals surface area (Å²) in [6.07, 6.45) is 0.811. The molecule has 8 nitrogen and oxygen atoms in total. The fraction of sp³-hybridized carbons (Fsp3) is 0.500. The number of carboxylic acids is 1. The summed E-state index contributed by atoms with van der Waals surface area (Å²) in [5.41, 5.74) is 0.525. The first kappa shape index (κ1) is 20.8. The number of amides is 3. The van der Waals surface area contributed by atoms with Crippen LogP contribution in [0, 0.1) is 17.7 Å². The van der Waals surface area contributed by atoms with Gasteiger partial charge in [-0.2, -0.15) is 0 Å². The summed E-state index contributed by atoms with van der Waals surface area (Å²) >= 11 is 0. The van der Waals surface area contributed by atoms with Crippen LogP contribution in [0.5, 0.6) is 0 Å². The summed E-state index contributed by atoms with van der Waals surface area (Å²) in [7, 11) is 0. The van der Waals surface area contributed by atoms with Gasteiger partial charge in [-0.05, 0) is 44.0 Å². The van der Waals surface area contributed by atoms with E-state index in [4.69, 9.17) is 5.11 Å². The Hall–Kier alpha value is -2.97. The lowest BCUT2D eigenvalue weighted by molar-refractivity contribution is -0.146. The number of halogens is 1. The first-order chi connectivity index (χ1) is 13.8. The predicted octanol–water partition coefficient (Wildman–Crippen LogP) is 1.01. The molecule has 2 aliphatic rings. The van der Waals surface area contributed by atoms with E-state index in [9.17, 15) is 23.6 Å². The third-order valence-electron chi connectivity index (χ3n) is 5.52. The second-order valence-electron chi connectivity index (χ2n) is 7.55.